The van der Waals surface area contributed by atoms with Crippen LogP contribution in [0.1, 0.15) is 33.3 Å². The molecule has 1 heterocycles. The first kappa shape index (κ1) is 14.0. The fourth-order valence-corrected chi connectivity index (χ4v) is 1.96. The van der Waals surface area contributed by atoms with Crippen molar-refractivity contribution in [3.63, 3.8) is 0 Å². The van der Waals surface area contributed by atoms with Crippen LogP contribution in [0.4, 0.5) is 5.82 Å². The molecule has 0 spiro atoms. The molecule has 0 fully saturated rings. The van der Waals surface area contributed by atoms with Gasteiger partial charge in [0.15, 0.2) is 0 Å². The van der Waals surface area contributed by atoms with Gasteiger partial charge in [0.25, 0.3) is 0 Å². The lowest BCUT2D eigenvalue weighted by Gasteiger charge is -2.23. The Hall–Kier alpha value is -1.09. The van der Waals surface area contributed by atoms with E-state index in [1.165, 1.54) is 5.56 Å². The Balaban J connectivity index is 2.71. The van der Waals surface area contributed by atoms with E-state index in [1.807, 2.05) is 12.3 Å². The first-order valence-corrected chi connectivity index (χ1v) is 6.57. The molecule has 0 atom stereocenters. The zero-order chi connectivity index (χ0) is 12.7. The minimum absolute atomic E-state index is 0.703. The average Bonchev–Trinajstić information content (AvgIpc) is 2.30. The minimum atomic E-state index is 0.703. The fourth-order valence-electron chi connectivity index (χ4n) is 1.96. The van der Waals surface area contributed by atoms with Gasteiger partial charge in [0, 0.05) is 31.4 Å². The summed E-state index contributed by atoms with van der Waals surface area (Å²) in [5.41, 5.74) is 1.29. The largest absolute Gasteiger partial charge is 0.370 e. The summed E-state index contributed by atoms with van der Waals surface area (Å²) < 4.78 is 0. The van der Waals surface area contributed by atoms with Gasteiger partial charge in [-0.25, -0.2) is 4.98 Å². The summed E-state index contributed by atoms with van der Waals surface area (Å²) in [5, 5.41) is 3.32. The van der Waals surface area contributed by atoms with Gasteiger partial charge < -0.3 is 5.32 Å². The maximum atomic E-state index is 4.40. The number of hydrogen-bond acceptors (Lipinski definition) is 3. The molecule has 3 nitrogen and oxygen atoms in total. The summed E-state index contributed by atoms with van der Waals surface area (Å²) in [6.07, 6.45) is 1.85. The number of nitrogens with one attached hydrogen (secondary N) is 1. The molecule has 17 heavy (non-hydrogen) atoms. The summed E-state index contributed by atoms with van der Waals surface area (Å²) in [7, 11) is 0. The lowest BCUT2D eigenvalue weighted by atomic mass is 10.1. The smallest absolute Gasteiger partial charge is 0.130 e. The van der Waals surface area contributed by atoms with Crippen LogP contribution in [0.25, 0.3) is 0 Å². The molecule has 0 radical (unpaired) electrons. The Kier molecular flexibility index (Phi) is 5.98. The predicted octanol–water partition coefficient (Wildman–Crippen LogP) is 2.99. The topological polar surface area (TPSA) is 28.2 Å². The second kappa shape index (κ2) is 7.28. The van der Waals surface area contributed by atoms with Crippen molar-refractivity contribution in [3.8, 4) is 0 Å². The van der Waals surface area contributed by atoms with Gasteiger partial charge >= 0.3 is 0 Å². The van der Waals surface area contributed by atoms with E-state index >= 15 is 0 Å². The predicted molar refractivity (Wildman–Crippen MR) is 74.2 cm³/mol. The molecule has 1 rings (SSSR count). The van der Waals surface area contributed by atoms with Crippen LogP contribution in [0.15, 0.2) is 18.3 Å². The zero-order valence-corrected chi connectivity index (χ0v) is 11.5. The maximum absolute atomic E-state index is 4.40. The highest BCUT2D eigenvalue weighted by molar-refractivity contribution is 5.43. The Bertz CT molecular complexity index is 323. The maximum Gasteiger partial charge on any atom is 0.130 e. The van der Waals surface area contributed by atoms with Crippen molar-refractivity contribution in [2.24, 2.45) is 5.92 Å². The van der Waals surface area contributed by atoms with Crippen LogP contribution >= 0.6 is 0 Å². The molecule has 0 aliphatic heterocycles. The molecule has 0 bridgehead atoms. The third kappa shape index (κ3) is 4.73. The number of nitrogens with zero attached hydrogens (tertiary/aromatic N) is 2. The molecule has 0 saturated carbocycles. The molecule has 3 heteroatoms. The standard InChI is InChI=1S/C14H25N3/c1-5-15-14-13(8-7-9-16-14)11-17(6-2)10-12(3)4/h7-9,12H,5-6,10-11H2,1-4H3,(H,15,16). The molecule has 96 valence electrons. The van der Waals surface area contributed by atoms with Gasteiger partial charge in [0.2, 0.25) is 0 Å². The molecular weight excluding hydrogens is 210 g/mol. The van der Waals surface area contributed by atoms with Crippen molar-refractivity contribution < 1.29 is 0 Å². The normalized spacial score (nSPS) is 11.2. The molecule has 0 saturated heterocycles. The third-order valence-corrected chi connectivity index (χ3v) is 2.70. The average molecular weight is 235 g/mol. The second-order valence-corrected chi connectivity index (χ2v) is 4.76. The van der Waals surface area contributed by atoms with Crippen molar-refractivity contribution >= 4 is 5.82 Å². The third-order valence-electron chi connectivity index (χ3n) is 2.70. The lowest BCUT2D eigenvalue weighted by molar-refractivity contribution is 0.248. The van der Waals surface area contributed by atoms with E-state index in [2.05, 4.69) is 49.0 Å². The number of aromatic nitrogens is 1. The van der Waals surface area contributed by atoms with Crippen LogP contribution in [0.2, 0.25) is 0 Å². The van der Waals surface area contributed by atoms with Gasteiger partial charge in [-0.05, 0) is 25.5 Å². The summed E-state index contributed by atoms with van der Waals surface area (Å²) in [6.45, 7) is 12.9. The summed E-state index contributed by atoms with van der Waals surface area (Å²) in [5.74, 6) is 1.73. The highest BCUT2D eigenvalue weighted by atomic mass is 15.1. The van der Waals surface area contributed by atoms with Crippen molar-refractivity contribution in [3.05, 3.63) is 23.9 Å². The van der Waals surface area contributed by atoms with E-state index in [0.29, 0.717) is 5.92 Å². The van der Waals surface area contributed by atoms with Crippen LogP contribution in [0.5, 0.6) is 0 Å². The fraction of sp³-hybridized carbons (Fsp3) is 0.643. The monoisotopic (exact) mass is 235 g/mol. The minimum Gasteiger partial charge on any atom is -0.370 e. The van der Waals surface area contributed by atoms with Crippen molar-refractivity contribution in [2.75, 3.05) is 25.0 Å². The van der Waals surface area contributed by atoms with Crippen LogP contribution in [-0.2, 0) is 6.54 Å². The van der Waals surface area contributed by atoms with Gasteiger partial charge in [-0.1, -0.05) is 26.8 Å². The summed E-state index contributed by atoms with van der Waals surface area (Å²) in [4.78, 5) is 6.86. The molecule has 0 aliphatic carbocycles. The molecule has 1 aromatic rings. The molecular formula is C14H25N3. The van der Waals surface area contributed by atoms with Crippen LogP contribution in [0, 0.1) is 5.92 Å². The van der Waals surface area contributed by atoms with E-state index < -0.39 is 0 Å². The number of anilines is 1. The summed E-state index contributed by atoms with van der Waals surface area (Å²) in [6, 6.07) is 4.17. The van der Waals surface area contributed by atoms with Crippen LogP contribution < -0.4 is 5.32 Å². The zero-order valence-electron chi connectivity index (χ0n) is 11.5. The molecule has 0 aliphatic rings. The number of rotatable bonds is 7. The van der Waals surface area contributed by atoms with Crippen molar-refractivity contribution in [2.45, 2.75) is 34.2 Å². The quantitative estimate of drug-likeness (QED) is 0.787. The lowest BCUT2D eigenvalue weighted by Crippen LogP contribution is -2.27. The first-order chi connectivity index (χ1) is 8.17. The van der Waals surface area contributed by atoms with Gasteiger partial charge in [-0.15, -0.1) is 0 Å². The van der Waals surface area contributed by atoms with E-state index in [1.54, 1.807) is 0 Å². The van der Waals surface area contributed by atoms with E-state index in [-0.39, 0.29) is 0 Å². The van der Waals surface area contributed by atoms with E-state index in [0.717, 1.165) is 32.0 Å². The Morgan fingerprint density at radius 3 is 2.71 bits per heavy atom. The molecule has 1 aromatic heterocycles. The Morgan fingerprint density at radius 2 is 2.12 bits per heavy atom. The van der Waals surface area contributed by atoms with Crippen molar-refractivity contribution in [1.82, 2.24) is 9.88 Å². The van der Waals surface area contributed by atoms with Gasteiger partial charge in [-0.3, -0.25) is 4.90 Å². The second-order valence-electron chi connectivity index (χ2n) is 4.76. The van der Waals surface area contributed by atoms with Gasteiger partial charge in [0.05, 0.1) is 0 Å². The number of pyridine rings is 1. The van der Waals surface area contributed by atoms with Crippen LogP contribution in [0.3, 0.4) is 0 Å². The van der Waals surface area contributed by atoms with E-state index in [9.17, 15) is 0 Å². The molecule has 0 aromatic carbocycles. The number of hydrogen-bond donors (Lipinski definition) is 1. The Morgan fingerprint density at radius 1 is 1.35 bits per heavy atom. The van der Waals surface area contributed by atoms with Gasteiger partial charge in [0.1, 0.15) is 5.82 Å². The van der Waals surface area contributed by atoms with Crippen LogP contribution in [-0.4, -0.2) is 29.5 Å². The van der Waals surface area contributed by atoms with Crippen molar-refractivity contribution in [1.29, 1.82) is 0 Å². The molecule has 0 unspecified atom stereocenters. The summed E-state index contributed by atoms with van der Waals surface area (Å²) >= 11 is 0. The first-order valence-electron chi connectivity index (χ1n) is 6.57. The highest BCUT2D eigenvalue weighted by Gasteiger charge is 2.09. The molecule has 1 N–H and O–H groups in total. The SMILES string of the molecule is CCNc1ncccc1CN(CC)CC(C)C. The Labute approximate surface area is 105 Å². The van der Waals surface area contributed by atoms with E-state index in [4.69, 9.17) is 0 Å². The highest BCUT2D eigenvalue weighted by Crippen LogP contribution is 2.14. The molecule has 0 amide bonds. The van der Waals surface area contributed by atoms with Gasteiger partial charge in [-0.2, -0.15) is 0 Å².